The van der Waals surface area contributed by atoms with E-state index in [1.807, 2.05) is 43.3 Å². The Morgan fingerprint density at radius 2 is 1.49 bits per heavy atom. The number of allylic oxidation sites excluding steroid dienone is 2. The minimum atomic E-state index is -1.11. The monoisotopic (exact) mass is 478 g/mol. The van der Waals surface area contributed by atoms with Crippen molar-refractivity contribution in [2.45, 2.75) is 78.1 Å². The minimum Gasteiger partial charge on any atom is -0.206 e. The van der Waals surface area contributed by atoms with Gasteiger partial charge in [0.1, 0.15) is 5.82 Å². The predicted octanol–water partition coefficient (Wildman–Crippen LogP) is 9.97. The molecule has 0 heterocycles. The molecule has 1 aliphatic rings. The summed E-state index contributed by atoms with van der Waals surface area (Å²) in [5, 5.41) is 0.128. The number of halogens is 3. The molecule has 0 aliphatic heterocycles. The molecule has 186 valence electrons. The molecule has 0 aromatic heterocycles. The van der Waals surface area contributed by atoms with Crippen LogP contribution in [-0.2, 0) is 12.8 Å². The van der Waals surface area contributed by atoms with Gasteiger partial charge >= 0.3 is 0 Å². The molecule has 0 N–H and O–H groups in total. The molecule has 0 atom stereocenters. The van der Waals surface area contributed by atoms with E-state index in [9.17, 15) is 4.39 Å². The van der Waals surface area contributed by atoms with E-state index >= 15 is 8.78 Å². The zero-order valence-electron chi connectivity index (χ0n) is 21.1. The van der Waals surface area contributed by atoms with Crippen LogP contribution in [0.3, 0.4) is 0 Å². The van der Waals surface area contributed by atoms with Gasteiger partial charge in [-0.15, -0.1) is 0 Å². The molecule has 35 heavy (non-hydrogen) atoms. The van der Waals surface area contributed by atoms with Gasteiger partial charge in [-0.05, 0) is 72.6 Å². The van der Waals surface area contributed by atoms with Crippen molar-refractivity contribution in [2.24, 2.45) is 11.8 Å². The highest BCUT2D eigenvalue weighted by molar-refractivity contribution is 5.89. The smallest absolute Gasteiger partial charge is 0.170 e. The second-order valence-corrected chi connectivity index (χ2v) is 10.2. The fraction of sp³-hybridized carbons (Fsp3) is 0.438. The summed E-state index contributed by atoms with van der Waals surface area (Å²) < 4.78 is 45.1. The van der Waals surface area contributed by atoms with Crippen molar-refractivity contribution in [2.75, 3.05) is 0 Å². The van der Waals surface area contributed by atoms with Crippen molar-refractivity contribution < 1.29 is 13.2 Å². The quantitative estimate of drug-likeness (QED) is 0.268. The highest BCUT2D eigenvalue weighted by atomic mass is 19.2. The summed E-state index contributed by atoms with van der Waals surface area (Å²) in [6, 6.07) is 12.7. The standard InChI is InChI=1S/C32H37F3/c1-3-5-6-8-26-19-20-27-21-28(31(34)32(35)29(27)30(26)33)25-17-15-24(16-18-25)14-13-23-11-9-22(7-4-2)10-12-23/h3,5,15-23H,4,6-14H2,1-2H3/b5-3+. The normalized spacial score (nSPS) is 18.5. The van der Waals surface area contributed by atoms with E-state index in [-0.39, 0.29) is 10.9 Å². The third-order valence-corrected chi connectivity index (χ3v) is 7.79. The fourth-order valence-electron chi connectivity index (χ4n) is 5.67. The van der Waals surface area contributed by atoms with Crippen LogP contribution in [0, 0.1) is 29.3 Å². The summed E-state index contributed by atoms with van der Waals surface area (Å²) in [5.74, 6) is -1.03. The molecule has 3 aromatic rings. The Hall–Kier alpha value is -2.55. The number of hydrogen-bond donors (Lipinski definition) is 0. The number of benzene rings is 3. The van der Waals surface area contributed by atoms with Crippen molar-refractivity contribution in [1.29, 1.82) is 0 Å². The van der Waals surface area contributed by atoms with E-state index in [2.05, 4.69) is 6.92 Å². The molecule has 0 radical (unpaired) electrons. The SMILES string of the molecule is C/C=C/CCc1ccc2cc(-c3ccc(CCC4CCC(CCC)CC4)cc3)c(F)c(F)c2c1F. The zero-order chi connectivity index (χ0) is 24.8. The lowest BCUT2D eigenvalue weighted by Crippen LogP contribution is -2.15. The molecule has 0 unspecified atom stereocenters. The molecule has 0 amide bonds. The van der Waals surface area contributed by atoms with Crippen LogP contribution in [0.5, 0.6) is 0 Å². The summed E-state index contributed by atoms with van der Waals surface area (Å²) >= 11 is 0. The maximum Gasteiger partial charge on any atom is 0.170 e. The van der Waals surface area contributed by atoms with Gasteiger partial charge in [0.05, 0.1) is 5.39 Å². The average Bonchev–Trinajstić information content (AvgIpc) is 2.87. The summed E-state index contributed by atoms with van der Waals surface area (Å²) in [6.45, 7) is 4.18. The van der Waals surface area contributed by atoms with Gasteiger partial charge < -0.3 is 0 Å². The van der Waals surface area contributed by atoms with Crippen molar-refractivity contribution >= 4 is 10.8 Å². The Balaban J connectivity index is 1.47. The van der Waals surface area contributed by atoms with E-state index in [0.717, 1.165) is 18.3 Å². The lowest BCUT2D eigenvalue weighted by Gasteiger charge is -2.28. The van der Waals surface area contributed by atoms with Crippen LogP contribution >= 0.6 is 0 Å². The second-order valence-electron chi connectivity index (χ2n) is 10.2. The highest BCUT2D eigenvalue weighted by Crippen LogP contribution is 2.35. The topological polar surface area (TPSA) is 0 Å². The maximum atomic E-state index is 15.1. The number of aryl methyl sites for hydroxylation is 2. The molecule has 3 heteroatoms. The molecule has 0 saturated heterocycles. The summed E-state index contributed by atoms with van der Waals surface area (Å²) in [5.41, 5.74) is 2.43. The Morgan fingerprint density at radius 3 is 2.14 bits per heavy atom. The molecule has 3 aromatic carbocycles. The Kier molecular flexibility index (Phi) is 8.70. The summed E-state index contributed by atoms with van der Waals surface area (Å²) in [4.78, 5) is 0. The van der Waals surface area contributed by atoms with E-state index in [4.69, 9.17) is 0 Å². The van der Waals surface area contributed by atoms with Crippen molar-refractivity contribution in [3.63, 3.8) is 0 Å². The third kappa shape index (κ3) is 6.00. The molecule has 0 nitrogen and oxygen atoms in total. The number of fused-ring (bicyclic) bond motifs is 1. The third-order valence-electron chi connectivity index (χ3n) is 7.79. The van der Waals surface area contributed by atoms with Crippen LogP contribution in [0.2, 0.25) is 0 Å². The van der Waals surface area contributed by atoms with E-state index < -0.39 is 17.5 Å². The van der Waals surface area contributed by atoms with Gasteiger partial charge in [0, 0.05) is 5.56 Å². The van der Waals surface area contributed by atoms with E-state index in [1.54, 1.807) is 18.2 Å². The molecular weight excluding hydrogens is 441 g/mol. The maximum absolute atomic E-state index is 15.1. The van der Waals surface area contributed by atoms with Crippen LogP contribution in [0.4, 0.5) is 13.2 Å². The highest BCUT2D eigenvalue weighted by Gasteiger charge is 2.21. The number of hydrogen-bond acceptors (Lipinski definition) is 0. The van der Waals surface area contributed by atoms with Crippen LogP contribution in [0.1, 0.15) is 76.3 Å². The molecular formula is C32H37F3. The van der Waals surface area contributed by atoms with Gasteiger partial charge in [0.2, 0.25) is 0 Å². The van der Waals surface area contributed by atoms with Gasteiger partial charge in [-0.25, -0.2) is 13.2 Å². The van der Waals surface area contributed by atoms with Gasteiger partial charge in [-0.1, -0.05) is 94.0 Å². The molecule has 0 bridgehead atoms. The van der Waals surface area contributed by atoms with Gasteiger partial charge in [-0.2, -0.15) is 0 Å². The van der Waals surface area contributed by atoms with Gasteiger partial charge in [0.25, 0.3) is 0 Å². The van der Waals surface area contributed by atoms with Crippen LogP contribution < -0.4 is 0 Å². The number of rotatable bonds is 9. The van der Waals surface area contributed by atoms with Crippen LogP contribution in [0.25, 0.3) is 21.9 Å². The fourth-order valence-corrected chi connectivity index (χ4v) is 5.67. The first-order valence-corrected chi connectivity index (χ1v) is 13.3. The largest absolute Gasteiger partial charge is 0.206 e. The first-order valence-electron chi connectivity index (χ1n) is 13.3. The molecule has 4 rings (SSSR count). The van der Waals surface area contributed by atoms with E-state index in [1.165, 1.54) is 50.5 Å². The first-order chi connectivity index (χ1) is 17.0. The molecule has 1 saturated carbocycles. The van der Waals surface area contributed by atoms with E-state index in [0.29, 0.717) is 29.4 Å². The average molecular weight is 479 g/mol. The minimum absolute atomic E-state index is 0.178. The van der Waals surface area contributed by atoms with Gasteiger partial charge in [0.15, 0.2) is 11.6 Å². The van der Waals surface area contributed by atoms with Gasteiger partial charge in [-0.3, -0.25) is 0 Å². The lowest BCUT2D eigenvalue weighted by molar-refractivity contribution is 0.252. The van der Waals surface area contributed by atoms with Crippen molar-refractivity contribution in [3.8, 4) is 11.1 Å². The Morgan fingerprint density at radius 1 is 0.800 bits per heavy atom. The van der Waals surface area contributed by atoms with Crippen LogP contribution in [-0.4, -0.2) is 0 Å². The Labute approximate surface area is 208 Å². The van der Waals surface area contributed by atoms with Crippen LogP contribution in [0.15, 0.2) is 54.6 Å². The summed E-state index contributed by atoms with van der Waals surface area (Å²) in [6.07, 6.45) is 15.2. The molecule has 1 fully saturated rings. The predicted molar refractivity (Wildman–Crippen MR) is 141 cm³/mol. The molecule has 0 spiro atoms. The zero-order valence-corrected chi connectivity index (χ0v) is 21.1. The van der Waals surface area contributed by atoms with Crippen molar-refractivity contribution in [3.05, 3.63) is 83.2 Å². The molecule has 1 aliphatic carbocycles. The van der Waals surface area contributed by atoms with Crippen molar-refractivity contribution in [1.82, 2.24) is 0 Å². The second kappa shape index (κ2) is 11.9. The Bertz CT molecular complexity index is 1150. The summed E-state index contributed by atoms with van der Waals surface area (Å²) in [7, 11) is 0. The first kappa shape index (κ1) is 25.5. The lowest BCUT2D eigenvalue weighted by atomic mass is 9.78.